The van der Waals surface area contributed by atoms with Crippen LogP contribution in [0.25, 0.3) is 0 Å². The van der Waals surface area contributed by atoms with Crippen LogP contribution in [-0.2, 0) is 17.9 Å². The minimum absolute atomic E-state index is 0.150. The molecular weight excluding hydrogens is 280 g/mol. The van der Waals surface area contributed by atoms with Crippen molar-refractivity contribution >= 4 is 11.8 Å². The first-order chi connectivity index (χ1) is 10.6. The van der Waals surface area contributed by atoms with E-state index in [-0.39, 0.29) is 5.91 Å². The van der Waals surface area contributed by atoms with Crippen molar-refractivity contribution < 1.29 is 14.3 Å². The molecule has 0 aromatic heterocycles. The zero-order valence-electron chi connectivity index (χ0n) is 12.3. The highest BCUT2D eigenvalue weighted by Crippen LogP contribution is 2.07. The van der Waals surface area contributed by atoms with Gasteiger partial charge in [-0.05, 0) is 35.4 Å². The van der Waals surface area contributed by atoms with Gasteiger partial charge in [-0.15, -0.1) is 0 Å². The van der Waals surface area contributed by atoms with Crippen molar-refractivity contribution in [1.29, 1.82) is 0 Å². The number of nitrogens with two attached hydrogens (primary N) is 1. The van der Waals surface area contributed by atoms with Gasteiger partial charge in [0.2, 0.25) is 5.91 Å². The van der Waals surface area contributed by atoms with Crippen LogP contribution in [0.3, 0.4) is 0 Å². The van der Waals surface area contributed by atoms with Gasteiger partial charge in [0, 0.05) is 24.8 Å². The smallest absolute Gasteiger partial charge is 0.251 e. The van der Waals surface area contributed by atoms with E-state index in [1.54, 1.807) is 43.5 Å². The molecule has 3 N–H and O–H groups in total. The van der Waals surface area contributed by atoms with E-state index in [0.717, 1.165) is 11.1 Å². The molecule has 0 radical (unpaired) electrons. The molecular formula is C17H18N2O3. The Morgan fingerprint density at radius 2 is 1.50 bits per heavy atom. The highest BCUT2D eigenvalue weighted by molar-refractivity contribution is 5.94. The van der Waals surface area contributed by atoms with Crippen LogP contribution < -0.4 is 11.1 Å². The topological polar surface area (TPSA) is 81.4 Å². The van der Waals surface area contributed by atoms with Gasteiger partial charge in [-0.3, -0.25) is 9.59 Å². The average molecular weight is 298 g/mol. The molecule has 0 atom stereocenters. The van der Waals surface area contributed by atoms with Crippen LogP contribution in [0.2, 0.25) is 0 Å². The molecule has 2 aromatic rings. The Kier molecular flexibility index (Phi) is 5.27. The molecule has 0 aliphatic heterocycles. The summed E-state index contributed by atoms with van der Waals surface area (Å²) in [5.41, 5.74) is 8.13. The molecule has 0 aliphatic carbocycles. The summed E-state index contributed by atoms with van der Waals surface area (Å²) in [6.45, 7) is 0.909. The van der Waals surface area contributed by atoms with Gasteiger partial charge in [-0.25, -0.2) is 0 Å². The first-order valence-electron chi connectivity index (χ1n) is 6.85. The molecule has 5 heteroatoms. The van der Waals surface area contributed by atoms with Crippen molar-refractivity contribution in [1.82, 2.24) is 5.32 Å². The number of carbonyl (C=O) groups excluding carboxylic acids is 2. The normalized spacial score (nSPS) is 10.2. The predicted molar refractivity (Wildman–Crippen MR) is 83.3 cm³/mol. The Morgan fingerprint density at radius 1 is 0.955 bits per heavy atom. The Morgan fingerprint density at radius 3 is 2.05 bits per heavy atom. The standard InChI is InChI=1S/C17H18N2O3/c1-22-11-13-4-8-15(9-5-13)17(21)19-10-12-2-6-14(7-3-12)16(18)20/h2-9H,10-11H2,1H3,(H2,18,20)(H,19,21). The highest BCUT2D eigenvalue weighted by atomic mass is 16.5. The maximum Gasteiger partial charge on any atom is 0.251 e. The first-order valence-corrected chi connectivity index (χ1v) is 6.85. The fourth-order valence-electron chi connectivity index (χ4n) is 1.99. The van der Waals surface area contributed by atoms with E-state index in [0.29, 0.717) is 24.3 Å². The number of benzene rings is 2. The summed E-state index contributed by atoms with van der Waals surface area (Å²) in [7, 11) is 1.63. The van der Waals surface area contributed by atoms with Crippen LogP contribution >= 0.6 is 0 Å². The maximum atomic E-state index is 12.0. The number of nitrogens with one attached hydrogen (secondary N) is 1. The van der Waals surface area contributed by atoms with Crippen LogP contribution in [0.5, 0.6) is 0 Å². The lowest BCUT2D eigenvalue weighted by molar-refractivity contribution is 0.0949. The number of carbonyl (C=O) groups is 2. The molecule has 22 heavy (non-hydrogen) atoms. The number of ether oxygens (including phenoxy) is 1. The quantitative estimate of drug-likeness (QED) is 0.854. The number of hydrogen-bond acceptors (Lipinski definition) is 3. The van der Waals surface area contributed by atoms with Gasteiger partial charge < -0.3 is 15.8 Å². The van der Waals surface area contributed by atoms with Crippen LogP contribution in [0.4, 0.5) is 0 Å². The molecule has 2 aromatic carbocycles. The predicted octanol–water partition coefficient (Wildman–Crippen LogP) is 1.86. The fourth-order valence-corrected chi connectivity index (χ4v) is 1.99. The summed E-state index contributed by atoms with van der Waals surface area (Å²) >= 11 is 0. The molecule has 2 amide bonds. The van der Waals surface area contributed by atoms with Gasteiger partial charge in [-0.2, -0.15) is 0 Å². The number of amides is 2. The summed E-state index contributed by atoms with van der Waals surface area (Å²) in [5, 5.41) is 2.83. The maximum absolute atomic E-state index is 12.0. The van der Waals surface area contributed by atoms with Gasteiger partial charge >= 0.3 is 0 Å². The molecule has 0 bridgehead atoms. The molecule has 0 fully saturated rings. The molecule has 0 spiro atoms. The van der Waals surface area contributed by atoms with Crippen molar-refractivity contribution in [3.8, 4) is 0 Å². The minimum Gasteiger partial charge on any atom is -0.380 e. The monoisotopic (exact) mass is 298 g/mol. The SMILES string of the molecule is COCc1ccc(C(=O)NCc2ccc(C(N)=O)cc2)cc1. The van der Waals surface area contributed by atoms with E-state index < -0.39 is 5.91 Å². The van der Waals surface area contributed by atoms with Crippen LogP contribution in [-0.4, -0.2) is 18.9 Å². The Balaban J connectivity index is 1.93. The number of primary amides is 1. The molecule has 0 saturated carbocycles. The van der Waals surface area contributed by atoms with Gasteiger partial charge in [0.1, 0.15) is 0 Å². The van der Waals surface area contributed by atoms with E-state index in [9.17, 15) is 9.59 Å². The van der Waals surface area contributed by atoms with Crippen molar-refractivity contribution in [3.05, 3.63) is 70.8 Å². The third-order valence-electron chi connectivity index (χ3n) is 3.22. The largest absolute Gasteiger partial charge is 0.380 e. The molecule has 0 unspecified atom stereocenters. The molecule has 5 nitrogen and oxygen atoms in total. The molecule has 0 saturated heterocycles. The van der Waals surface area contributed by atoms with Crippen LogP contribution in [0.15, 0.2) is 48.5 Å². The lowest BCUT2D eigenvalue weighted by Gasteiger charge is -2.07. The molecule has 0 aliphatic rings. The summed E-state index contributed by atoms with van der Waals surface area (Å²) in [6, 6.07) is 14.1. The molecule has 0 heterocycles. The van der Waals surface area contributed by atoms with E-state index in [1.807, 2.05) is 12.1 Å². The van der Waals surface area contributed by atoms with Crippen LogP contribution in [0.1, 0.15) is 31.8 Å². The van der Waals surface area contributed by atoms with Crippen molar-refractivity contribution in [3.63, 3.8) is 0 Å². The highest BCUT2D eigenvalue weighted by Gasteiger charge is 2.06. The zero-order chi connectivity index (χ0) is 15.9. The second kappa shape index (κ2) is 7.38. The van der Waals surface area contributed by atoms with Crippen molar-refractivity contribution in [2.24, 2.45) is 5.73 Å². The van der Waals surface area contributed by atoms with Gasteiger partial charge in [0.05, 0.1) is 6.61 Å². The van der Waals surface area contributed by atoms with Crippen molar-refractivity contribution in [2.45, 2.75) is 13.2 Å². The van der Waals surface area contributed by atoms with E-state index in [4.69, 9.17) is 10.5 Å². The van der Waals surface area contributed by atoms with Gasteiger partial charge in [0.15, 0.2) is 0 Å². The van der Waals surface area contributed by atoms with E-state index in [1.165, 1.54) is 0 Å². The summed E-state index contributed by atoms with van der Waals surface area (Å²) in [4.78, 5) is 23.0. The third kappa shape index (κ3) is 4.17. The second-order valence-electron chi connectivity index (χ2n) is 4.87. The van der Waals surface area contributed by atoms with E-state index in [2.05, 4.69) is 5.32 Å². The van der Waals surface area contributed by atoms with E-state index >= 15 is 0 Å². The zero-order valence-corrected chi connectivity index (χ0v) is 12.3. The lowest BCUT2D eigenvalue weighted by atomic mass is 10.1. The number of hydrogen-bond donors (Lipinski definition) is 2. The number of rotatable bonds is 6. The lowest BCUT2D eigenvalue weighted by Crippen LogP contribution is -2.22. The Hall–Kier alpha value is -2.66. The minimum atomic E-state index is -0.466. The van der Waals surface area contributed by atoms with Gasteiger partial charge in [-0.1, -0.05) is 24.3 Å². The van der Waals surface area contributed by atoms with Crippen molar-refractivity contribution in [2.75, 3.05) is 7.11 Å². The summed E-state index contributed by atoms with van der Waals surface area (Å²) in [6.07, 6.45) is 0. The second-order valence-corrected chi connectivity index (χ2v) is 4.87. The Bertz CT molecular complexity index is 649. The summed E-state index contributed by atoms with van der Waals surface area (Å²) in [5.74, 6) is -0.616. The summed E-state index contributed by atoms with van der Waals surface area (Å²) < 4.78 is 5.03. The Labute approximate surface area is 129 Å². The average Bonchev–Trinajstić information content (AvgIpc) is 2.54. The fraction of sp³-hybridized carbons (Fsp3) is 0.176. The molecule has 2 rings (SSSR count). The van der Waals surface area contributed by atoms with Crippen LogP contribution in [0, 0.1) is 0 Å². The van der Waals surface area contributed by atoms with Gasteiger partial charge in [0.25, 0.3) is 5.91 Å². The number of methoxy groups -OCH3 is 1. The molecule has 114 valence electrons. The third-order valence-corrected chi connectivity index (χ3v) is 3.22. The first kappa shape index (κ1) is 15.7.